The Morgan fingerprint density at radius 3 is 2.26 bits per heavy atom. The van der Waals surface area contributed by atoms with Crippen molar-refractivity contribution in [2.24, 2.45) is 0 Å². The third-order valence-corrected chi connectivity index (χ3v) is 3.47. The van der Waals surface area contributed by atoms with Crippen LogP contribution in [0.15, 0.2) is 48.5 Å². The van der Waals surface area contributed by atoms with Gasteiger partial charge in [-0.1, -0.05) is 12.1 Å². The number of carbonyl (C=O) groups excluding carboxylic acids is 2. The van der Waals surface area contributed by atoms with Gasteiger partial charge in [0.25, 0.3) is 0 Å². The molecule has 0 aliphatic rings. The van der Waals surface area contributed by atoms with Crippen LogP contribution in [0.4, 0.5) is 10.5 Å². The van der Waals surface area contributed by atoms with Crippen LogP contribution >= 0.6 is 0 Å². The first kappa shape index (κ1) is 20.3. The first-order valence-electron chi connectivity index (χ1n) is 8.77. The average molecular weight is 370 g/mol. The van der Waals surface area contributed by atoms with Gasteiger partial charge in [0.1, 0.15) is 23.1 Å². The summed E-state index contributed by atoms with van der Waals surface area (Å²) in [6.45, 7) is 8.87. The summed E-state index contributed by atoms with van der Waals surface area (Å²) in [7, 11) is 0. The van der Waals surface area contributed by atoms with Gasteiger partial charge in [0.2, 0.25) is 5.91 Å². The second kappa shape index (κ2) is 8.58. The Hall–Kier alpha value is -3.02. The van der Waals surface area contributed by atoms with Gasteiger partial charge in [-0.3, -0.25) is 4.79 Å². The van der Waals surface area contributed by atoms with E-state index in [4.69, 9.17) is 9.47 Å². The Kier molecular flexibility index (Phi) is 6.45. The largest absolute Gasteiger partial charge is 0.457 e. The summed E-state index contributed by atoms with van der Waals surface area (Å²) in [6, 6.07) is 14.0. The van der Waals surface area contributed by atoms with Gasteiger partial charge in [-0.15, -0.1) is 0 Å². The van der Waals surface area contributed by atoms with Gasteiger partial charge in [0.05, 0.1) is 0 Å². The second-order valence-corrected chi connectivity index (χ2v) is 7.30. The summed E-state index contributed by atoms with van der Waals surface area (Å²) in [5.74, 6) is 1.08. The van der Waals surface area contributed by atoms with Crippen LogP contribution in [0, 0.1) is 6.92 Å². The van der Waals surface area contributed by atoms with Crippen molar-refractivity contribution < 1.29 is 19.1 Å². The van der Waals surface area contributed by atoms with Crippen LogP contribution in [0.3, 0.4) is 0 Å². The van der Waals surface area contributed by atoms with Gasteiger partial charge in [0, 0.05) is 5.69 Å². The lowest BCUT2D eigenvalue weighted by Crippen LogP contribution is -2.43. The standard InChI is InChI=1S/C21H26N2O4/c1-14-7-6-8-18(13-14)26-17-11-9-16(10-12-17)23-19(24)15(2)22-20(25)27-21(3,4)5/h6-13,15H,1-5H3,(H,22,25)(H,23,24)/t15-/m1/s1. The molecule has 6 heteroatoms. The summed E-state index contributed by atoms with van der Waals surface area (Å²) in [5.41, 5.74) is 1.10. The first-order chi connectivity index (χ1) is 12.6. The first-order valence-corrected chi connectivity index (χ1v) is 8.77. The van der Waals surface area contributed by atoms with E-state index in [0.29, 0.717) is 11.4 Å². The molecule has 144 valence electrons. The summed E-state index contributed by atoms with van der Waals surface area (Å²) < 4.78 is 10.9. The molecule has 27 heavy (non-hydrogen) atoms. The fourth-order valence-corrected chi connectivity index (χ4v) is 2.22. The zero-order valence-corrected chi connectivity index (χ0v) is 16.3. The highest BCUT2D eigenvalue weighted by Gasteiger charge is 2.21. The van der Waals surface area contributed by atoms with Crippen molar-refractivity contribution in [3.8, 4) is 11.5 Å². The van der Waals surface area contributed by atoms with Gasteiger partial charge in [0.15, 0.2) is 0 Å². The van der Waals surface area contributed by atoms with E-state index in [1.807, 2.05) is 31.2 Å². The molecule has 1 atom stereocenters. The predicted molar refractivity (Wildman–Crippen MR) is 105 cm³/mol. The number of carbonyl (C=O) groups is 2. The highest BCUT2D eigenvalue weighted by molar-refractivity contribution is 5.96. The van der Waals surface area contributed by atoms with Crippen LogP contribution in [0.5, 0.6) is 11.5 Å². The highest BCUT2D eigenvalue weighted by Crippen LogP contribution is 2.23. The van der Waals surface area contributed by atoms with E-state index in [9.17, 15) is 9.59 Å². The summed E-state index contributed by atoms with van der Waals surface area (Å²) in [6.07, 6.45) is -0.632. The van der Waals surface area contributed by atoms with Crippen LogP contribution in [0.2, 0.25) is 0 Å². The topological polar surface area (TPSA) is 76.7 Å². The molecule has 2 amide bonds. The number of amides is 2. The molecule has 6 nitrogen and oxygen atoms in total. The maximum absolute atomic E-state index is 12.2. The van der Waals surface area contributed by atoms with E-state index in [2.05, 4.69) is 10.6 Å². The Balaban J connectivity index is 1.89. The van der Waals surface area contributed by atoms with Crippen molar-refractivity contribution in [2.75, 3.05) is 5.32 Å². The van der Waals surface area contributed by atoms with Crippen LogP contribution in [-0.2, 0) is 9.53 Å². The second-order valence-electron chi connectivity index (χ2n) is 7.30. The summed E-state index contributed by atoms with van der Waals surface area (Å²) >= 11 is 0. The average Bonchev–Trinajstić information content (AvgIpc) is 2.54. The van der Waals surface area contributed by atoms with Crippen LogP contribution in [0.1, 0.15) is 33.3 Å². The van der Waals surface area contributed by atoms with Crippen molar-refractivity contribution in [3.63, 3.8) is 0 Å². The lowest BCUT2D eigenvalue weighted by Gasteiger charge is -2.21. The smallest absolute Gasteiger partial charge is 0.408 e. The minimum absolute atomic E-state index is 0.340. The Bertz CT molecular complexity index is 795. The van der Waals surface area contributed by atoms with Gasteiger partial charge in [-0.05, 0) is 76.6 Å². The molecule has 2 aromatic carbocycles. The highest BCUT2D eigenvalue weighted by atomic mass is 16.6. The monoisotopic (exact) mass is 370 g/mol. The Labute approximate surface area is 159 Å². The van der Waals surface area contributed by atoms with E-state index in [1.54, 1.807) is 52.0 Å². The van der Waals surface area contributed by atoms with Crippen LogP contribution in [-0.4, -0.2) is 23.6 Å². The van der Waals surface area contributed by atoms with Crippen LogP contribution < -0.4 is 15.4 Å². The molecule has 0 saturated heterocycles. The third-order valence-electron chi connectivity index (χ3n) is 3.47. The molecule has 2 N–H and O–H groups in total. The van der Waals surface area contributed by atoms with Gasteiger partial charge in [-0.25, -0.2) is 4.79 Å². The molecule has 0 aromatic heterocycles. The zero-order chi connectivity index (χ0) is 20.0. The number of rotatable bonds is 5. The lowest BCUT2D eigenvalue weighted by atomic mass is 10.2. The quantitative estimate of drug-likeness (QED) is 0.804. The number of alkyl carbamates (subject to hydrolysis) is 1. The molecule has 0 fully saturated rings. The van der Waals surface area contributed by atoms with Crippen LogP contribution in [0.25, 0.3) is 0 Å². The minimum Gasteiger partial charge on any atom is -0.457 e. The molecular formula is C21H26N2O4. The van der Waals surface area contributed by atoms with Crippen molar-refractivity contribution >= 4 is 17.7 Å². The molecule has 0 radical (unpaired) electrons. The number of anilines is 1. The zero-order valence-electron chi connectivity index (χ0n) is 16.3. The third kappa shape index (κ3) is 7.01. The van der Waals surface area contributed by atoms with Gasteiger partial charge in [-0.2, -0.15) is 0 Å². The molecule has 2 rings (SSSR count). The number of ether oxygens (including phenoxy) is 2. The predicted octanol–water partition coefficient (Wildman–Crippen LogP) is 4.64. The maximum atomic E-state index is 12.2. The van der Waals surface area contributed by atoms with Crippen molar-refractivity contribution in [1.82, 2.24) is 5.32 Å². The SMILES string of the molecule is Cc1cccc(Oc2ccc(NC(=O)[C@@H](C)NC(=O)OC(C)(C)C)cc2)c1. The summed E-state index contributed by atoms with van der Waals surface area (Å²) in [5, 5.41) is 5.25. The van der Waals surface area contributed by atoms with E-state index in [1.165, 1.54) is 0 Å². The van der Waals surface area contributed by atoms with E-state index in [-0.39, 0.29) is 5.91 Å². The number of nitrogens with one attached hydrogen (secondary N) is 2. The molecule has 0 heterocycles. The number of hydrogen-bond donors (Lipinski definition) is 2. The fourth-order valence-electron chi connectivity index (χ4n) is 2.22. The molecule has 2 aromatic rings. The van der Waals surface area contributed by atoms with Gasteiger partial charge >= 0.3 is 6.09 Å². The van der Waals surface area contributed by atoms with Crippen molar-refractivity contribution in [2.45, 2.75) is 46.3 Å². The maximum Gasteiger partial charge on any atom is 0.408 e. The Morgan fingerprint density at radius 2 is 1.67 bits per heavy atom. The van der Waals surface area contributed by atoms with E-state index < -0.39 is 17.7 Å². The van der Waals surface area contributed by atoms with E-state index >= 15 is 0 Å². The molecular weight excluding hydrogens is 344 g/mol. The van der Waals surface area contributed by atoms with Gasteiger partial charge < -0.3 is 20.1 Å². The normalized spacial score (nSPS) is 12.0. The Morgan fingerprint density at radius 1 is 1.00 bits per heavy atom. The molecule has 0 unspecified atom stereocenters. The minimum atomic E-state index is -0.733. The van der Waals surface area contributed by atoms with Crippen molar-refractivity contribution in [1.29, 1.82) is 0 Å². The van der Waals surface area contributed by atoms with E-state index in [0.717, 1.165) is 11.3 Å². The van der Waals surface area contributed by atoms with Crippen molar-refractivity contribution in [3.05, 3.63) is 54.1 Å². The molecule has 0 aliphatic heterocycles. The number of aryl methyl sites for hydroxylation is 1. The fraction of sp³-hybridized carbons (Fsp3) is 0.333. The molecule has 0 bridgehead atoms. The molecule has 0 aliphatic carbocycles. The molecule has 0 saturated carbocycles. The number of hydrogen-bond acceptors (Lipinski definition) is 4. The summed E-state index contributed by atoms with van der Waals surface area (Å²) in [4.78, 5) is 24.0. The number of benzene rings is 2. The molecule has 0 spiro atoms. The lowest BCUT2D eigenvalue weighted by molar-refractivity contribution is -0.117.